The first kappa shape index (κ1) is 16.7. The van der Waals surface area contributed by atoms with Crippen molar-refractivity contribution >= 4 is 23.3 Å². The number of anilines is 2. The molecule has 0 radical (unpaired) electrons. The average molecular weight is 297 g/mol. The van der Waals surface area contributed by atoms with Gasteiger partial charge in [0.05, 0.1) is 24.9 Å². The lowest BCUT2D eigenvalue weighted by Crippen LogP contribution is -2.37. The van der Waals surface area contributed by atoms with Crippen LogP contribution in [0.2, 0.25) is 0 Å². The van der Waals surface area contributed by atoms with E-state index >= 15 is 0 Å². The molecule has 116 valence electrons. The van der Waals surface area contributed by atoms with Gasteiger partial charge in [-0.1, -0.05) is 13.8 Å². The quantitative estimate of drug-likeness (QED) is 0.606. The van der Waals surface area contributed by atoms with Crippen LogP contribution in [0.15, 0.2) is 12.1 Å². The summed E-state index contributed by atoms with van der Waals surface area (Å²) in [5.74, 6) is -1.71. The Morgan fingerprint density at radius 3 is 2.48 bits per heavy atom. The van der Waals surface area contributed by atoms with Gasteiger partial charge in [0.1, 0.15) is 5.82 Å². The molecule has 4 N–H and O–H groups in total. The molecule has 0 aliphatic rings. The van der Waals surface area contributed by atoms with Gasteiger partial charge in [-0.25, -0.2) is 9.18 Å². The molecule has 1 amide bonds. The first-order chi connectivity index (χ1) is 9.76. The van der Waals surface area contributed by atoms with Crippen LogP contribution in [0.3, 0.4) is 0 Å². The predicted molar refractivity (Wildman–Crippen MR) is 78.4 cm³/mol. The molecule has 0 spiro atoms. The number of rotatable bonds is 6. The third-order valence-electron chi connectivity index (χ3n) is 2.80. The summed E-state index contributed by atoms with van der Waals surface area (Å²) in [7, 11) is 1.21. The van der Waals surface area contributed by atoms with Crippen LogP contribution < -0.4 is 16.4 Å². The van der Waals surface area contributed by atoms with Gasteiger partial charge >= 0.3 is 5.97 Å². The molecule has 0 fully saturated rings. The number of hydrogen-bond donors (Lipinski definition) is 2. The van der Waals surface area contributed by atoms with Crippen molar-refractivity contribution in [3.8, 4) is 0 Å². The van der Waals surface area contributed by atoms with Crippen molar-refractivity contribution in [1.29, 1.82) is 0 Å². The van der Waals surface area contributed by atoms with Crippen LogP contribution in [-0.2, 0) is 9.53 Å². The molecular formula is C14H20FN3O3. The Balaban J connectivity index is 3.29. The molecule has 1 aromatic rings. The number of benzene rings is 1. The van der Waals surface area contributed by atoms with Crippen molar-refractivity contribution in [3.63, 3.8) is 0 Å². The van der Waals surface area contributed by atoms with Crippen molar-refractivity contribution in [3.05, 3.63) is 23.5 Å². The van der Waals surface area contributed by atoms with E-state index < -0.39 is 17.7 Å². The summed E-state index contributed by atoms with van der Waals surface area (Å²) in [4.78, 5) is 24.3. The summed E-state index contributed by atoms with van der Waals surface area (Å²) in [6, 6.07) is 2.32. The second-order valence-electron chi connectivity index (χ2n) is 5.12. The molecule has 0 aliphatic carbocycles. The van der Waals surface area contributed by atoms with Crippen LogP contribution in [0.25, 0.3) is 0 Å². The van der Waals surface area contributed by atoms with E-state index in [2.05, 4.69) is 4.74 Å². The number of nitrogens with two attached hydrogens (primary N) is 2. The predicted octanol–water partition coefficient (Wildman–Crippen LogP) is 1.14. The number of carbonyl (C=O) groups excluding carboxylic acids is 2. The summed E-state index contributed by atoms with van der Waals surface area (Å²) in [6.07, 6.45) is 0. The minimum Gasteiger partial charge on any atom is -0.465 e. The summed E-state index contributed by atoms with van der Waals surface area (Å²) < 4.78 is 18.7. The van der Waals surface area contributed by atoms with Gasteiger partial charge in [0.2, 0.25) is 5.91 Å². The summed E-state index contributed by atoms with van der Waals surface area (Å²) in [5, 5.41) is 0. The van der Waals surface area contributed by atoms with Crippen molar-refractivity contribution in [1.82, 2.24) is 0 Å². The SMILES string of the molecule is COC(=O)c1cc(N(CC(N)=O)CC(C)C)c(F)cc1N. The van der Waals surface area contributed by atoms with Gasteiger partial charge in [-0.3, -0.25) is 4.79 Å². The van der Waals surface area contributed by atoms with Gasteiger partial charge in [-0.15, -0.1) is 0 Å². The monoisotopic (exact) mass is 297 g/mol. The number of nitrogens with zero attached hydrogens (tertiary/aromatic N) is 1. The fraction of sp³-hybridized carbons (Fsp3) is 0.429. The highest BCUT2D eigenvalue weighted by atomic mass is 19.1. The van der Waals surface area contributed by atoms with E-state index in [1.807, 2.05) is 13.8 Å². The second-order valence-corrected chi connectivity index (χ2v) is 5.12. The zero-order valence-corrected chi connectivity index (χ0v) is 12.4. The van der Waals surface area contributed by atoms with E-state index in [9.17, 15) is 14.0 Å². The van der Waals surface area contributed by atoms with Crippen LogP contribution in [-0.4, -0.2) is 32.1 Å². The molecule has 0 heterocycles. The standard InChI is InChI=1S/C14H20FN3O3/c1-8(2)6-18(7-13(17)19)12-4-9(14(20)21-3)11(16)5-10(12)15/h4-5,8H,6-7,16H2,1-3H3,(H2,17,19). The van der Waals surface area contributed by atoms with E-state index in [0.29, 0.717) is 6.54 Å². The average Bonchev–Trinajstić information content (AvgIpc) is 2.36. The summed E-state index contributed by atoms with van der Waals surface area (Å²) >= 11 is 0. The molecule has 21 heavy (non-hydrogen) atoms. The molecule has 6 nitrogen and oxygen atoms in total. The van der Waals surface area contributed by atoms with E-state index in [0.717, 1.165) is 6.07 Å². The molecule has 1 rings (SSSR count). The van der Waals surface area contributed by atoms with Crippen molar-refractivity contribution < 1.29 is 18.7 Å². The second kappa shape index (κ2) is 6.92. The zero-order valence-electron chi connectivity index (χ0n) is 12.4. The van der Waals surface area contributed by atoms with E-state index in [-0.39, 0.29) is 29.4 Å². The Hall–Kier alpha value is -2.31. The number of primary amides is 1. The molecule has 0 bridgehead atoms. The molecule has 1 aromatic carbocycles. The molecule has 0 aromatic heterocycles. The largest absolute Gasteiger partial charge is 0.465 e. The van der Waals surface area contributed by atoms with E-state index in [4.69, 9.17) is 11.5 Å². The molecule has 0 atom stereocenters. The van der Waals surface area contributed by atoms with Crippen molar-refractivity contribution in [2.45, 2.75) is 13.8 Å². The number of nitrogen functional groups attached to an aromatic ring is 1. The van der Waals surface area contributed by atoms with Crippen LogP contribution in [0, 0.1) is 11.7 Å². The molecule has 0 saturated carbocycles. The fourth-order valence-corrected chi connectivity index (χ4v) is 1.98. The summed E-state index contributed by atoms with van der Waals surface area (Å²) in [5.41, 5.74) is 10.9. The number of esters is 1. The lowest BCUT2D eigenvalue weighted by Gasteiger charge is -2.26. The highest BCUT2D eigenvalue weighted by Crippen LogP contribution is 2.26. The van der Waals surface area contributed by atoms with Crippen LogP contribution in [0.1, 0.15) is 24.2 Å². The first-order valence-corrected chi connectivity index (χ1v) is 6.46. The Morgan fingerprint density at radius 1 is 1.38 bits per heavy atom. The maximum Gasteiger partial charge on any atom is 0.340 e. The third-order valence-corrected chi connectivity index (χ3v) is 2.80. The Labute approximate surface area is 122 Å². The summed E-state index contributed by atoms with van der Waals surface area (Å²) in [6.45, 7) is 4.10. The van der Waals surface area contributed by atoms with Gasteiger partial charge in [-0.2, -0.15) is 0 Å². The number of carbonyl (C=O) groups is 2. The van der Waals surface area contributed by atoms with Gasteiger partial charge in [0, 0.05) is 12.2 Å². The first-order valence-electron chi connectivity index (χ1n) is 6.46. The normalized spacial score (nSPS) is 10.5. The van der Waals surface area contributed by atoms with Crippen molar-refractivity contribution in [2.24, 2.45) is 11.7 Å². The third kappa shape index (κ3) is 4.34. The van der Waals surface area contributed by atoms with E-state index in [1.165, 1.54) is 18.1 Å². The van der Waals surface area contributed by atoms with Gasteiger partial charge in [0.15, 0.2) is 0 Å². The fourth-order valence-electron chi connectivity index (χ4n) is 1.98. The number of methoxy groups -OCH3 is 1. The maximum absolute atomic E-state index is 14.1. The lowest BCUT2D eigenvalue weighted by molar-refractivity contribution is -0.116. The maximum atomic E-state index is 14.1. The van der Waals surface area contributed by atoms with Crippen LogP contribution in [0.4, 0.5) is 15.8 Å². The molecule has 0 saturated heterocycles. The Bertz CT molecular complexity index is 547. The Kier molecular flexibility index (Phi) is 5.52. The van der Waals surface area contributed by atoms with Gasteiger partial charge in [-0.05, 0) is 18.1 Å². The lowest BCUT2D eigenvalue weighted by atomic mass is 10.1. The topological polar surface area (TPSA) is 98.6 Å². The van der Waals surface area contributed by atoms with Crippen LogP contribution >= 0.6 is 0 Å². The number of ether oxygens (including phenoxy) is 1. The molecule has 7 heteroatoms. The minimum atomic E-state index is -0.669. The van der Waals surface area contributed by atoms with Gasteiger partial charge < -0.3 is 21.1 Å². The Morgan fingerprint density at radius 2 is 2.00 bits per heavy atom. The number of amides is 1. The zero-order chi connectivity index (χ0) is 16.2. The van der Waals surface area contributed by atoms with E-state index in [1.54, 1.807) is 0 Å². The van der Waals surface area contributed by atoms with Crippen LogP contribution in [0.5, 0.6) is 0 Å². The van der Waals surface area contributed by atoms with Crippen molar-refractivity contribution in [2.75, 3.05) is 30.8 Å². The number of hydrogen-bond acceptors (Lipinski definition) is 5. The molecule has 0 unspecified atom stereocenters. The highest BCUT2D eigenvalue weighted by molar-refractivity contribution is 5.96. The number of halogens is 1. The smallest absolute Gasteiger partial charge is 0.340 e. The molecular weight excluding hydrogens is 277 g/mol. The molecule has 0 aliphatic heterocycles. The highest BCUT2D eigenvalue weighted by Gasteiger charge is 2.20. The van der Waals surface area contributed by atoms with Gasteiger partial charge in [0.25, 0.3) is 0 Å². The minimum absolute atomic E-state index is 0.0216.